The van der Waals surface area contributed by atoms with Gasteiger partial charge in [0.15, 0.2) is 5.75 Å². The van der Waals surface area contributed by atoms with Crippen molar-refractivity contribution in [2.75, 3.05) is 36.8 Å². The zero-order valence-corrected chi connectivity index (χ0v) is 18.2. The average Bonchev–Trinajstić information content (AvgIpc) is 3.14. The van der Waals surface area contributed by atoms with E-state index in [4.69, 9.17) is 14.6 Å². The van der Waals surface area contributed by atoms with Crippen molar-refractivity contribution in [3.05, 3.63) is 47.3 Å². The number of rotatable bonds is 6. The summed E-state index contributed by atoms with van der Waals surface area (Å²) in [6.07, 6.45) is 3.91. The van der Waals surface area contributed by atoms with Gasteiger partial charge >= 0.3 is 6.01 Å². The fourth-order valence-corrected chi connectivity index (χ4v) is 4.06. The van der Waals surface area contributed by atoms with Gasteiger partial charge in [0.25, 0.3) is 0 Å². The first-order valence-electron chi connectivity index (χ1n) is 12.1. The maximum Gasteiger partial charge on any atom is 0.326 e. The van der Waals surface area contributed by atoms with E-state index in [1.165, 1.54) is 29.6 Å². The third kappa shape index (κ3) is 3.72. The van der Waals surface area contributed by atoms with Crippen molar-refractivity contribution in [2.24, 2.45) is 5.73 Å². The molecule has 10 heteroatoms. The van der Waals surface area contributed by atoms with Crippen molar-refractivity contribution in [1.29, 1.82) is 0 Å². The number of nitrogens with two attached hydrogens (primary N) is 1. The second kappa shape index (κ2) is 8.28. The second-order valence-corrected chi connectivity index (χ2v) is 7.87. The predicted molar refractivity (Wildman–Crippen MR) is 126 cm³/mol. The molecule has 170 valence electrons. The van der Waals surface area contributed by atoms with E-state index in [-0.39, 0.29) is 11.7 Å². The summed E-state index contributed by atoms with van der Waals surface area (Å²) in [5.41, 5.74) is 9.21. The Labute approximate surface area is 194 Å². The SMILES string of the molecule is [2H]C([2H])([2H])Nc1cc(F)cc2c1[nH]c1nc(Oc3cnc(C)nc3)nc(N3CC(=C(CC)CN)C3)c12. The molecular weight excluding hydrogens is 423 g/mol. The Bertz CT molecular complexity index is 1470. The number of ether oxygens (including phenoxy) is 1. The Morgan fingerprint density at radius 2 is 2.09 bits per heavy atom. The van der Waals surface area contributed by atoms with E-state index in [1.54, 1.807) is 6.92 Å². The van der Waals surface area contributed by atoms with Gasteiger partial charge in [-0.3, -0.25) is 0 Å². The van der Waals surface area contributed by atoms with Gasteiger partial charge in [0.2, 0.25) is 0 Å². The van der Waals surface area contributed by atoms with E-state index in [0.717, 1.165) is 12.5 Å². The van der Waals surface area contributed by atoms with Crippen molar-refractivity contribution >= 4 is 33.4 Å². The van der Waals surface area contributed by atoms with Gasteiger partial charge in [-0.05, 0) is 31.1 Å². The van der Waals surface area contributed by atoms with Crippen molar-refractivity contribution in [2.45, 2.75) is 20.3 Å². The quantitative estimate of drug-likeness (QED) is 0.380. The predicted octanol–water partition coefficient (Wildman–Crippen LogP) is 3.67. The van der Waals surface area contributed by atoms with Gasteiger partial charge in [-0.1, -0.05) is 12.5 Å². The number of hydrogen-bond acceptors (Lipinski definition) is 8. The molecule has 5 rings (SSSR count). The van der Waals surface area contributed by atoms with E-state index in [2.05, 4.69) is 37.2 Å². The molecule has 0 radical (unpaired) electrons. The summed E-state index contributed by atoms with van der Waals surface area (Å²) < 4.78 is 43.2. The molecule has 33 heavy (non-hydrogen) atoms. The molecule has 0 spiro atoms. The molecule has 0 unspecified atom stereocenters. The van der Waals surface area contributed by atoms with Crippen LogP contribution in [0.25, 0.3) is 21.9 Å². The third-order valence-corrected chi connectivity index (χ3v) is 5.82. The highest BCUT2D eigenvalue weighted by atomic mass is 19.1. The van der Waals surface area contributed by atoms with Crippen LogP contribution in [0, 0.1) is 12.7 Å². The van der Waals surface area contributed by atoms with Crippen LogP contribution in [0.5, 0.6) is 11.8 Å². The summed E-state index contributed by atoms with van der Waals surface area (Å²) in [5.74, 6) is 0.908. The molecule has 0 aliphatic carbocycles. The lowest BCUT2D eigenvalue weighted by molar-refractivity contribution is 0.438. The highest BCUT2D eigenvalue weighted by Gasteiger charge is 2.28. The lowest BCUT2D eigenvalue weighted by Crippen LogP contribution is -2.42. The van der Waals surface area contributed by atoms with Crippen LogP contribution >= 0.6 is 0 Å². The standard InChI is InChI=1S/C23H25FN8O/c1-4-13(7-25)14-10-32(11-14)22-19-17-5-15(24)6-18(26-3)20(17)29-21(19)30-23(31-22)33-16-8-27-12(2)28-9-16/h5-6,8-9,26H,4,7,10-11,25H2,1-3H3,(H,29,30,31)/i3D3. The molecule has 0 atom stereocenters. The summed E-state index contributed by atoms with van der Waals surface area (Å²) in [6.45, 7) is 3.03. The number of H-pyrrole nitrogens is 1. The van der Waals surface area contributed by atoms with Gasteiger partial charge in [0.05, 0.1) is 29.0 Å². The van der Waals surface area contributed by atoms with Crippen LogP contribution < -0.4 is 20.7 Å². The minimum atomic E-state index is -2.51. The summed E-state index contributed by atoms with van der Waals surface area (Å²) in [4.78, 5) is 22.6. The number of nitrogens with one attached hydrogen (secondary N) is 2. The van der Waals surface area contributed by atoms with E-state index in [0.29, 0.717) is 59.0 Å². The number of aromatic nitrogens is 5. The number of benzene rings is 1. The van der Waals surface area contributed by atoms with Crippen LogP contribution in [0.3, 0.4) is 0 Å². The first-order valence-corrected chi connectivity index (χ1v) is 10.6. The Balaban J connectivity index is 1.67. The molecule has 0 saturated carbocycles. The molecule has 0 bridgehead atoms. The lowest BCUT2D eigenvalue weighted by atomic mass is 9.98. The van der Waals surface area contributed by atoms with E-state index >= 15 is 0 Å². The molecule has 4 aromatic rings. The average molecular weight is 452 g/mol. The molecule has 4 heterocycles. The van der Waals surface area contributed by atoms with Crippen LogP contribution in [-0.2, 0) is 0 Å². The topological polar surface area (TPSA) is 118 Å². The minimum absolute atomic E-state index is 0.0503. The number of anilines is 2. The smallest absolute Gasteiger partial charge is 0.326 e. The number of fused-ring (bicyclic) bond motifs is 3. The maximum atomic E-state index is 14.6. The van der Waals surface area contributed by atoms with Gasteiger partial charge in [0, 0.05) is 36.1 Å². The van der Waals surface area contributed by atoms with Crippen LogP contribution in [0.15, 0.2) is 35.7 Å². The summed E-state index contributed by atoms with van der Waals surface area (Å²) in [5, 5.41) is 3.42. The normalized spacial score (nSPS) is 15.2. The van der Waals surface area contributed by atoms with Gasteiger partial charge < -0.3 is 25.7 Å². The number of hydrogen-bond donors (Lipinski definition) is 3. The maximum absolute atomic E-state index is 14.6. The summed E-state index contributed by atoms with van der Waals surface area (Å²) in [7, 11) is 0. The molecular formula is C23H25FN8O. The van der Waals surface area contributed by atoms with Crippen molar-refractivity contribution in [3.63, 3.8) is 0 Å². The largest absolute Gasteiger partial charge is 0.421 e. The Kier molecular flexibility index (Phi) is 4.45. The number of aryl methyl sites for hydroxylation is 1. The molecule has 9 nitrogen and oxygen atoms in total. The zero-order valence-electron chi connectivity index (χ0n) is 21.2. The fourth-order valence-electron chi connectivity index (χ4n) is 4.06. The lowest BCUT2D eigenvalue weighted by Gasteiger charge is -2.37. The second-order valence-electron chi connectivity index (χ2n) is 7.87. The first kappa shape index (κ1) is 17.7. The van der Waals surface area contributed by atoms with Crippen LogP contribution in [0.1, 0.15) is 23.3 Å². The van der Waals surface area contributed by atoms with Crippen LogP contribution in [0.2, 0.25) is 0 Å². The summed E-state index contributed by atoms with van der Waals surface area (Å²) in [6, 6.07) is 2.53. The van der Waals surface area contributed by atoms with E-state index < -0.39 is 12.8 Å². The third-order valence-electron chi connectivity index (χ3n) is 5.82. The van der Waals surface area contributed by atoms with Gasteiger partial charge in [-0.25, -0.2) is 14.4 Å². The van der Waals surface area contributed by atoms with E-state index in [9.17, 15) is 4.39 Å². The molecule has 4 N–H and O–H groups in total. The molecule has 1 saturated heterocycles. The monoisotopic (exact) mass is 451 g/mol. The molecule has 1 fully saturated rings. The fraction of sp³-hybridized carbons (Fsp3) is 0.304. The number of aromatic amines is 1. The van der Waals surface area contributed by atoms with Gasteiger partial charge in [0.1, 0.15) is 23.1 Å². The molecule has 1 aliphatic rings. The van der Waals surface area contributed by atoms with Gasteiger partial charge in [-0.15, -0.1) is 0 Å². The molecule has 0 amide bonds. The van der Waals surface area contributed by atoms with E-state index in [1.807, 2.05) is 4.90 Å². The summed E-state index contributed by atoms with van der Waals surface area (Å²) >= 11 is 0. The molecule has 1 aliphatic heterocycles. The Hall–Kier alpha value is -3.79. The number of halogens is 1. The minimum Gasteiger partial charge on any atom is -0.421 e. The van der Waals surface area contributed by atoms with Crippen molar-refractivity contribution < 1.29 is 13.2 Å². The van der Waals surface area contributed by atoms with Crippen LogP contribution in [-0.4, -0.2) is 51.5 Å². The highest BCUT2D eigenvalue weighted by Crippen LogP contribution is 2.39. The molecule has 3 aromatic heterocycles. The zero-order chi connectivity index (χ0) is 25.6. The van der Waals surface area contributed by atoms with Crippen molar-refractivity contribution in [1.82, 2.24) is 24.9 Å². The van der Waals surface area contributed by atoms with Crippen LogP contribution in [0.4, 0.5) is 15.9 Å². The number of nitrogens with zero attached hydrogens (tertiary/aromatic N) is 5. The molecule has 1 aromatic carbocycles. The van der Waals surface area contributed by atoms with Gasteiger partial charge in [-0.2, -0.15) is 9.97 Å². The highest BCUT2D eigenvalue weighted by molar-refractivity contribution is 6.14. The Morgan fingerprint density at radius 3 is 2.79 bits per heavy atom. The van der Waals surface area contributed by atoms with Crippen molar-refractivity contribution in [3.8, 4) is 11.8 Å². The first-order chi connectivity index (χ1) is 17.1. The Morgan fingerprint density at radius 1 is 1.30 bits per heavy atom.